The first-order chi connectivity index (χ1) is 12.4. The Kier molecular flexibility index (Phi) is 5.82. The summed E-state index contributed by atoms with van der Waals surface area (Å²) in [6, 6.07) is 5.30. The van der Waals surface area contributed by atoms with E-state index in [2.05, 4.69) is 11.8 Å². The lowest BCUT2D eigenvalue weighted by Gasteiger charge is -2.24. The highest BCUT2D eigenvalue weighted by Crippen LogP contribution is 2.19. The van der Waals surface area contributed by atoms with Gasteiger partial charge in [0.2, 0.25) is 0 Å². The summed E-state index contributed by atoms with van der Waals surface area (Å²) < 4.78 is 11.3. The fourth-order valence-corrected chi connectivity index (χ4v) is 3.41. The zero-order valence-electron chi connectivity index (χ0n) is 15.0. The van der Waals surface area contributed by atoms with Crippen LogP contribution in [0.2, 0.25) is 0 Å². The van der Waals surface area contributed by atoms with Gasteiger partial charge in [-0.3, -0.25) is 4.79 Å². The Morgan fingerprint density at radius 1 is 1.42 bits per heavy atom. The predicted octanol–water partition coefficient (Wildman–Crippen LogP) is 3.28. The summed E-state index contributed by atoms with van der Waals surface area (Å²) >= 11 is 1.61. The third-order valence-corrected chi connectivity index (χ3v) is 4.73. The minimum absolute atomic E-state index is 0.0713. The summed E-state index contributed by atoms with van der Waals surface area (Å²) in [5.74, 6) is 5.87. The summed E-state index contributed by atoms with van der Waals surface area (Å²) in [6.45, 7) is 5.01. The number of carbonyl (C=O) groups excluding carboxylic acids is 1. The van der Waals surface area contributed by atoms with Crippen molar-refractivity contribution in [1.82, 2.24) is 4.90 Å². The molecule has 3 heterocycles. The molecule has 0 spiro atoms. The molecule has 0 aromatic carbocycles. The van der Waals surface area contributed by atoms with Crippen LogP contribution in [0, 0.1) is 11.8 Å². The number of ether oxygens (including phenoxy) is 1. The molecule has 0 radical (unpaired) electrons. The first-order valence-corrected chi connectivity index (χ1v) is 9.62. The van der Waals surface area contributed by atoms with E-state index in [-0.39, 0.29) is 17.8 Å². The van der Waals surface area contributed by atoms with Crippen molar-refractivity contribution in [2.24, 2.45) is 0 Å². The fourth-order valence-electron chi connectivity index (χ4n) is 2.75. The van der Waals surface area contributed by atoms with Crippen LogP contribution in [0.5, 0.6) is 0 Å². The van der Waals surface area contributed by atoms with Crippen LogP contribution in [0.15, 0.2) is 33.4 Å². The minimum atomic E-state index is -1.11. The van der Waals surface area contributed by atoms with Crippen LogP contribution in [0.1, 0.15) is 48.6 Å². The van der Waals surface area contributed by atoms with E-state index >= 15 is 0 Å². The zero-order chi connectivity index (χ0) is 18.6. The lowest BCUT2D eigenvalue weighted by Crippen LogP contribution is -2.36. The maximum atomic E-state index is 13.0. The molecule has 1 N–H and O–H groups in total. The second-order valence-corrected chi connectivity index (χ2v) is 7.71. The summed E-state index contributed by atoms with van der Waals surface area (Å²) in [5.41, 5.74) is -0.0168. The van der Waals surface area contributed by atoms with Gasteiger partial charge in [-0.25, -0.2) is 0 Å². The normalized spacial score (nSPS) is 17.0. The number of hydrogen-bond acceptors (Lipinski definition) is 5. The van der Waals surface area contributed by atoms with Gasteiger partial charge in [0.25, 0.3) is 5.91 Å². The number of furan rings is 1. The van der Waals surface area contributed by atoms with Crippen molar-refractivity contribution in [3.8, 4) is 11.8 Å². The second kappa shape index (κ2) is 8.09. The molecule has 6 heteroatoms. The van der Waals surface area contributed by atoms with Gasteiger partial charge in [0.05, 0.1) is 6.10 Å². The highest BCUT2D eigenvalue weighted by atomic mass is 32.1. The van der Waals surface area contributed by atoms with Gasteiger partial charge in [0, 0.05) is 19.7 Å². The maximum absolute atomic E-state index is 13.0. The molecule has 1 fully saturated rings. The Bertz CT molecular complexity index is 786. The van der Waals surface area contributed by atoms with Crippen LogP contribution in [0.25, 0.3) is 0 Å². The van der Waals surface area contributed by atoms with E-state index in [1.54, 1.807) is 42.2 Å². The SMILES string of the molecule is CC(C)(O)C#Cc1ccc(C(=O)N(Cc2ccsc2)C[C@@H]2CCCO2)o1. The van der Waals surface area contributed by atoms with E-state index in [0.29, 0.717) is 18.8 Å². The average molecular weight is 373 g/mol. The molecule has 1 amide bonds. The van der Waals surface area contributed by atoms with Crippen LogP contribution < -0.4 is 0 Å². The first-order valence-electron chi connectivity index (χ1n) is 8.68. The summed E-state index contributed by atoms with van der Waals surface area (Å²) in [7, 11) is 0. The summed E-state index contributed by atoms with van der Waals surface area (Å²) in [5, 5.41) is 13.7. The quantitative estimate of drug-likeness (QED) is 0.817. The third kappa shape index (κ3) is 5.21. The molecule has 1 saturated heterocycles. The average Bonchev–Trinajstić information content (AvgIpc) is 3.33. The van der Waals surface area contributed by atoms with Gasteiger partial charge >= 0.3 is 0 Å². The molecule has 2 aromatic heterocycles. The highest BCUT2D eigenvalue weighted by molar-refractivity contribution is 7.07. The molecule has 0 saturated carbocycles. The largest absolute Gasteiger partial charge is 0.443 e. The van der Waals surface area contributed by atoms with E-state index < -0.39 is 5.60 Å². The number of amides is 1. The van der Waals surface area contributed by atoms with Crippen molar-refractivity contribution in [3.05, 3.63) is 46.0 Å². The molecule has 0 bridgehead atoms. The fraction of sp³-hybridized carbons (Fsp3) is 0.450. The number of hydrogen-bond donors (Lipinski definition) is 1. The standard InChI is InChI=1S/C20H23NO4S/c1-20(2,23)9-7-16-5-6-18(25-16)19(22)21(12-15-8-11-26-14-15)13-17-4-3-10-24-17/h5-6,8,11,14,17,23H,3-4,10,12-13H2,1-2H3/t17-/m0/s1. The Morgan fingerprint density at radius 2 is 2.27 bits per heavy atom. The van der Waals surface area contributed by atoms with Gasteiger partial charge in [-0.15, -0.1) is 0 Å². The van der Waals surface area contributed by atoms with E-state index in [1.165, 1.54) is 0 Å². The van der Waals surface area contributed by atoms with E-state index in [0.717, 1.165) is 25.0 Å². The minimum Gasteiger partial charge on any atom is -0.443 e. The Balaban J connectivity index is 1.75. The third-order valence-electron chi connectivity index (χ3n) is 4.00. The first kappa shape index (κ1) is 18.7. The van der Waals surface area contributed by atoms with Crippen LogP contribution in [0.4, 0.5) is 0 Å². The number of carbonyl (C=O) groups is 1. The van der Waals surface area contributed by atoms with Crippen molar-refractivity contribution < 1.29 is 19.1 Å². The number of rotatable bonds is 5. The van der Waals surface area contributed by atoms with Gasteiger partial charge in [-0.1, -0.05) is 5.92 Å². The van der Waals surface area contributed by atoms with Gasteiger partial charge < -0.3 is 19.2 Å². The molecule has 1 aliphatic rings. The van der Waals surface area contributed by atoms with Crippen molar-refractivity contribution in [2.45, 2.75) is 44.9 Å². The summed E-state index contributed by atoms with van der Waals surface area (Å²) in [6.07, 6.45) is 2.07. The van der Waals surface area contributed by atoms with Crippen molar-refractivity contribution in [3.63, 3.8) is 0 Å². The van der Waals surface area contributed by atoms with Gasteiger partial charge in [0.15, 0.2) is 11.5 Å². The molecule has 2 aromatic rings. The molecular weight excluding hydrogens is 350 g/mol. The molecule has 5 nitrogen and oxygen atoms in total. The van der Waals surface area contributed by atoms with Crippen molar-refractivity contribution >= 4 is 17.2 Å². The lowest BCUT2D eigenvalue weighted by atomic mass is 10.1. The zero-order valence-corrected chi connectivity index (χ0v) is 15.8. The van der Waals surface area contributed by atoms with Gasteiger partial charge in [0.1, 0.15) is 5.60 Å². The monoisotopic (exact) mass is 373 g/mol. The predicted molar refractivity (Wildman–Crippen MR) is 99.9 cm³/mol. The Hall–Kier alpha value is -2.07. The van der Waals surface area contributed by atoms with E-state index in [1.807, 2.05) is 16.8 Å². The van der Waals surface area contributed by atoms with E-state index in [4.69, 9.17) is 9.15 Å². The lowest BCUT2D eigenvalue weighted by molar-refractivity contribution is 0.0484. The Labute approximate surface area is 157 Å². The molecule has 1 aliphatic heterocycles. The van der Waals surface area contributed by atoms with Crippen LogP contribution >= 0.6 is 11.3 Å². The van der Waals surface area contributed by atoms with Gasteiger partial charge in [-0.2, -0.15) is 11.3 Å². The molecular formula is C20H23NO4S. The molecule has 138 valence electrons. The molecule has 1 atom stereocenters. The van der Waals surface area contributed by atoms with E-state index in [9.17, 15) is 9.90 Å². The maximum Gasteiger partial charge on any atom is 0.290 e. The van der Waals surface area contributed by atoms with Crippen LogP contribution in [0.3, 0.4) is 0 Å². The number of aliphatic hydroxyl groups is 1. The topological polar surface area (TPSA) is 62.9 Å². The molecule has 0 aliphatic carbocycles. The van der Waals surface area contributed by atoms with Crippen molar-refractivity contribution in [1.29, 1.82) is 0 Å². The number of nitrogens with zero attached hydrogens (tertiary/aromatic N) is 1. The molecule has 0 unspecified atom stereocenters. The molecule has 26 heavy (non-hydrogen) atoms. The van der Waals surface area contributed by atoms with Crippen molar-refractivity contribution in [2.75, 3.05) is 13.2 Å². The Morgan fingerprint density at radius 3 is 2.92 bits per heavy atom. The van der Waals surface area contributed by atoms with Gasteiger partial charge in [-0.05, 0) is 67.1 Å². The second-order valence-electron chi connectivity index (χ2n) is 6.93. The smallest absolute Gasteiger partial charge is 0.290 e. The van der Waals surface area contributed by atoms with Crippen LogP contribution in [-0.4, -0.2) is 40.8 Å². The number of thiophene rings is 1. The molecule has 3 rings (SSSR count). The summed E-state index contributed by atoms with van der Waals surface area (Å²) in [4.78, 5) is 14.7. The van der Waals surface area contributed by atoms with Crippen LogP contribution in [-0.2, 0) is 11.3 Å². The highest BCUT2D eigenvalue weighted by Gasteiger charge is 2.25.